The van der Waals surface area contributed by atoms with E-state index in [1.54, 1.807) is 6.34 Å². The fraction of sp³-hybridized carbons (Fsp3) is 0.368. The Morgan fingerprint density at radius 1 is 1.17 bits per heavy atom. The van der Waals surface area contributed by atoms with Gasteiger partial charge in [-0.1, -0.05) is 47.7 Å². The molecule has 2 unspecified atom stereocenters. The fourth-order valence-electron chi connectivity index (χ4n) is 3.35. The van der Waals surface area contributed by atoms with Crippen molar-refractivity contribution >= 4 is 38.8 Å². The maximum absolute atomic E-state index is 4.51. The van der Waals surface area contributed by atoms with E-state index in [1.807, 2.05) is 0 Å². The molecule has 1 aromatic carbocycles. The van der Waals surface area contributed by atoms with Crippen LogP contribution in [-0.2, 0) is 6.42 Å². The SMILES string of the molecule is Bc1ccc(CCCNC2=NC=NC3=CC=C(C)C(C)C32)cc1B. The van der Waals surface area contributed by atoms with Gasteiger partial charge in [0, 0.05) is 6.54 Å². The zero-order valence-electron chi connectivity index (χ0n) is 15.1. The maximum atomic E-state index is 4.51. The first-order chi connectivity index (χ1) is 11.6. The Morgan fingerprint density at radius 2 is 2.00 bits per heavy atom. The second-order valence-corrected chi connectivity index (χ2v) is 6.98. The number of rotatable bonds is 4. The van der Waals surface area contributed by atoms with E-state index in [0.717, 1.165) is 30.9 Å². The molecular weight excluding hydrogens is 292 g/mol. The first kappa shape index (κ1) is 16.8. The molecule has 0 amide bonds. The highest BCUT2D eigenvalue weighted by Crippen LogP contribution is 2.33. The van der Waals surface area contributed by atoms with Crippen LogP contribution < -0.4 is 16.2 Å². The van der Waals surface area contributed by atoms with Gasteiger partial charge in [-0.25, -0.2) is 9.98 Å². The molecule has 2 aliphatic rings. The molecule has 0 fully saturated rings. The van der Waals surface area contributed by atoms with Crippen LogP contribution in [0.25, 0.3) is 0 Å². The van der Waals surface area contributed by atoms with Gasteiger partial charge in [-0.2, -0.15) is 0 Å². The monoisotopic (exact) mass is 317 g/mol. The minimum Gasteiger partial charge on any atom is -0.373 e. The minimum absolute atomic E-state index is 0.279. The molecule has 5 heteroatoms. The molecule has 3 nitrogen and oxygen atoms in total. The molecule has 0 aromatic heterocycles. The summed E-state index contributed by atoms with van der Waals surface area (Å²) in [5, 5.41) is 3.56. The van der Waals surface area contributed by atoms with Gasteiger partial charge in [-0.3, -0.25) is 0 Å². The second kappa shape index (κ2) is 7.25. The Kier molecular flexibility index (Phi) is 5.08. The van der Waals surface area contributed by atoms with Gasteiger partial charge in [0.2, 0.25) is 0 Å². The Labute approximate surface area is 146 Å². The number of aryl methyl sites for hydroxylation is 1. The summed E-state index contributed by atoms with van der Waals surface area (Å²) in [6.07, 6.45) is 8.18. The van der Waals surface area contributed by atoms with Crippen LogP contribution in [0.5, 0.6) is 0 Å². The standard InChI is InChI=1S/C19H25B2N3/c1-12-5-8-17-18(13(12)2)19(24-11-23-17)22-9-3-4-14-6-7-15(20)16(21)10-14/h5-8,10-11,13,18H,3-4,9,20-21H2,1-2H3,(H,22,23,24). The number of hydrogen-bond acceptors (Lipinski definition) is 3. The zero-order valence-corrected chi connectivity index (χ0v) is 15.1. The third kappa shape index (κ3) is 3.55. The van der Waals surface area contributed by atoms with Gasteiger partial charge in [-0.05, 0) is 37.3 Å². The van der Waals surface area contributed by atoms with Crippen molar-refractivity contribution in [2.75, 3.05) is 6.54 Å². The normalized spacial score (nSPS) is 22.3. The van der Waals surface area contributed by atoms with Crippen molar-refractivity contribution in [3.8, 4) is 0 Å². The van der Waals surface area contributed by atoms with E-state index < -0.39 is 0 Å². The van der Waals surface area contributed by atoms with Crippen molar-refractivity contribution in [2.24, 2.45) is 21.8 Å². The molecule has 1 heterocycles. The summed E-state index contributed by atoms with van der Waals surface area (Å²) in [6, 6.07) is 6.76. The maximum Gasteiger partial charge on any atom is 0.138 e. The highest BCUT2D eigenvalue weighted by molar-refractivity contribution is 6.48. The highest BCUT2D eigenvalue weighted by Gasteiger charge is 2.31. The average Bonchev–Trinajstić information content (AvgIpc) is 2.58. The molecule has 2 atom stereocenters. The smallest absolute Gasteiger partial charge is 0.138 e. The number of aliphatic imine (C=N–C) groups is 2. The first-order valence-electron chi connectivity index (χ1n) is 8.85. The number of amidine groups is 1. The van der Waals surface area contributed by atoms with E-state index in [9.17, 15) is 0 Å². The van der Waals surface area contributed by atoms with Crippen molar-refractivity contribution < 1.29 is 0 Å². The van der Waals surface area contributed by atoms with Crippen LogP contribution in [-0.4, -0.2) is 34.4 Å². The van der Waals surface area contributed by atoms with Crippen LogP contribution in [0, 0.1) is 11.8 Å². The van der Waals surface area contributed by atoms with Gasteiger partial charge in [0.15, 0.2) is 0 Å². The molecule has 0 saturated heterocycles. The Morgan fingerprint density at radius 3 is 2.79 bits per heavy atom. The van der Waals surface area contributed by atoms with E-state index in [-0.39, 0.29) is 5.92 Å². The lowest BCUT2D eigenvalue weighted by Gasteiger charge is -2.31. The van der Waals surface area contributed by atoms with Crippen molar-refractivity contribution in [1.29, 1.82) is 0 Å². The zero-order chi connectivity index (χ0) is 17.1. The van der Waals surface area contributed by atoms with Gasteiger partial charge in [0.05, 0.1) is 11.6 Å². The van der Waals surface area contributed by atoms with Crippen LogP contribution in [0.15, 0.2) is 51.6 Å². The number of fused-ring (bicyclic) bond motifs is 1. The average molecular weight is 317 g/mol. The van der Waals surface area contributed by atoms with E-state index >= 15 is 0 Å². The summed E-state index contributed by atoms with van der Waals surface area (Å²) in [5.41, 5.74) is 6.67. The summed E-state index contributed by atoms with van der Waals surface area (Å²) in [5.74, 6) is 1.80. The Balaban J connectivity index is 1.56. The predicted octanol–water partition coefficient (Wildman–Crippen LogP) is 0.262. The molecule has 1 aliphatic heterocycles. The van der Waals surface area contributed by atoms with Crippen LogP contribution in [0.4, 0.5) is 0 Å². The van der Waals surface area contributed by atoms with E-state index in [0.29, 0.717) is 5.92 Å². The molecule has 3 rings (SSSR count). The van der Waals surface area contributed by atoms with Crippen molar-refractivity contribution in [1.82, 2.24) is 5.32 Å². The minimum atomic E-state index is 0.279. The number of nitrogens with one attached hydrogen (secondary N) is 1. The fourth-order valence-corrected chi connectivity index (χ4v) is 3.35. The Hall–Kier alpha value is -2.03. The highest BCUT2D eigenvalue weighted by atomic mass is 15.1. The van der Waals surface area contributed by atoms with Gasteiger partial charge in [0.25, 0.3) is 0 Å². The molecule has 0 bridgehead atoms. The summed E-state index contributed by atoms with van der Waals surface area (Å²) < 4.78 is 0. The van der Waals surface area contributed by atoms with Crippen molar-refractivity contribution in [3.05, 3.63) is 47.2 Å². The van der Waals surface area contributed by atoms with Gasteiger partial charge < -0.3 is 5.32 Å². The molecule has 1 aromatic rings. The molecule has 24 heavy (non-hydrogen) atoms. The first-order valence-corrected chi connectivity index (χ1v) is 8.85. The topological polar surface area (TPSA) is 36.8 Å². The summed E-state index contributed by atoms with van der Waals surface area (Å²) in [4.78, 5) is 8.96. The second-order valence-electron chi connectivity index (χ2n) is 6.98. The van der Waals surface area contributed by atoms with Crippen molar-refractivity contribution in [2.45, 2.75) is 26.7 Å². The summed E-state index contributed by atoms with van der Waals surface area (Å²) >= 11 is 0. The number of allylic oxidation sites excluding steroid dienone is 3. The molecular formula is C19H25B2N3. The number of benzene rings is 1. The molecule has 122 valence electrons. The summed E-state index contributed by atoms with van der Waals surface area (Å²) in [7, 11) is 4.34. The molecule has 0 saturated carbocycles. The van der Waals surface area contributed by atoms with Gasteiger partial charge in [0.1, 0.15) is 27.9 Å². The summed E-state index contributed by atoms with van der Waals surface area (Å²) in [6.45, 7) is 5.39. The Bertz CT molecular complexity index is 747. The van der Waals surface area contributed by atoms with Crippen LogP contribution in [0.2, 0.25) is 0 Å². The third-order valence-corrected chi connectivity index (χ3v) is 5.27. The molecule has 1 N–H and O–H groups in total. The van der Waals surface area contributed by atoms with Crippen molar-refractivity contribution in [3.63, 3.8) is 0 Å². The van der Waals surface area contributed by atoms with Gasteiger partial charge in [-0.15, -0.1) is 0 Å². The largest absolute Gasteiger partial charge is 0.373 e. The lowest BCUT2D eigenvalue weighted by Crippen LogP contribution is -2.38. The quantitative estimate of drug-likeness (QED) is 0.628. The van der Waals surface area contributed by atoms with Gasteiger partial charge >= 0.3 is 0 Å². The third-order valence-electron chi connectivity index (χ3n) is 5.27. The van der Waals surface area contributed by atoms with E-state index in [1.165, 1.54) is 22.1 Å². The molecule has 0 radical (unpaired) electrons. The number of hydrogen-bond donors (Lipinski definition) is 1. The number of nitrogens with zero attached hydrogens (tertiary/aromatic N) is 2. The lowest BCUT2D eigenvalue weighted by molar-refractivity contribution is 0.547. The van der Waals surface area contributed by atoms with Crippen LogP contribution in [0.1, 0.15) is 25.8 Å². The molecule has 1 aliphatic carbocycles. The molecule has 0 spiro atoms. The van der Waals surface area contributed by atoms with E-state index in [4.69, 9.17) is 0 Å². The van der Waals surface area contributed by atoms with Crippen LogP contribution in [0.3, 0.4) is 0 Å². The van der Waals surface area contributed by atoms with Crippen LogP contribution >= 0.6 is 0 Å². The predicted molar refractivity (Wildman–Crippen MR) is 110 cm³/mol. The van der Waals surface area contributed by atoms with E-state index in [2.05, 4.69) is 75.2 Å². The lowest BCUT2D eigenvalue weighted by atomic mass is 9.79.